The van der Waals surface area contributed by atoms with E-state index < -0.39 is 15.5 Å². The van der Waals surface area contributed by atoms with Crippen LogP contribution in [0.15, 0.2) is 0 Å². The van der Waals surface area contributed by atoms with Crippen molar-refractivity contribution in [3.8, 4) is 0 Å². The van der Waals surface area contributed by atoms with Crippen LogP contribution in [0.4, 0.5) is 4.39 Å². The van der Waals surface area contributed by atoms with Crippen LogP contribution in [0.3, 0.4) is 0 Å². The van der Waals surface area contributed by atoms with Gasteiger partial charge in [-0.1, -0.05) is 0 Å². The van der Waals surface area contributed by atoms with E-state index in [1.54, 1.807) is 0 Å². The summed E-state index contributed by atoms with van der Waals surface area (Å²) in [5.41, 5.74) is 3.87. The largest absolute Gasteiger partial charge is 0.330 e. The summed E-state index contributed by atoms with van der Waals surface area (Å²) in [4.78, 5) is 0. The van der Waals surface area contributed by atoms with E-state index in [2.05, 4.69) is 0 Å². The van der Waals surface area contributed by atoms with Gasteiger partial charge >= 0.3 is 0 Å². The summed E-state index contributed by atoms with van der Waals surface area (Å²) in [6, 6.07) is 0. The summed E-state index contributed by atoms with van der Waals surface area (Å²) in [5, 5.41) is 0. The molecule has 0 aromatic heterocycles. The van der Waals surface area contributed by atoms with Crippen LogP contribution in [0.2, 0.25) is 0 Å². The molecule has 0 radical (unpaired) electrons. The molecule has 0 saturated carbocycles. The monoisotopic (exact) mass is 223 g/mol. The van der Waals surface area contributed by atoms with Gasteiger partial charge in [-0.25, -0.2) is 12.8 Å². The van der Waals surface area contributed by atoms with Gasteiger partial charge in [0.2, 0.25) is 0 Å². The van der Waals surface area contributed by atoms with E-state index in [4.69, 9.17) is 5.73 Å². The van der Waals surface area contributed by atoms with Crippen LogP contribution < -0.4 is 5.73 Å². The number of hydrogen-bond donors (Lipinski definition) is 1. The summed E-state index contributed by atoms with van der Waals surface area (Å²) in [7, 11) is -3.01. The van der Waals surface area contributed by atoms with Crippen LogP contribution in [-0.4, -0.2) is 32.1 Å². The van der Waals surface area contributed by atoms with Gasteiger partial charge in [0.1, 0.15) is 5.67 Å². The van der Waals surface area contributed by atoms with Crippen molar-refractivity contribution in [2.24, 2.45) is 11.7 Å². The lowest BCUT2D eigenvalue weighted by molar-refractivity contribution is 0.0976. The summed E-state index contributed by atoms with van der Waals surface area (Å²) in [6.07, 6.45) is 1.48. The minimum absolute atomic E-state index is 0.0139. The second kappa shape index (κ2) is 4.14. The van der Waals surface area contributed by atoms with E-state index in [-0.39, 0.29) is 30.4 Å². The Morgan fingerprint density at radius 3 is 2.71 bits per heavy atom. The standard InChI is InChI=1S/C9H18FNO2S/c1-9(10,4-5-11)8-3-2-6-14(12,13)7-8/h8H,2-7,11H2,1H3. The van der Waals surface area contributed by atoms with Crippen molar-refractivity contribution in [1.29, 1.82) is 0 Å². The lowest BCUT2D eigenvalue weighted by Gasteiger charge is -2.32. The van der Waals surface area contributed by atoms with E-state index in [9.17, 15) is 12.8 Å². The smallest absolute Gasteiger partial charge is 0.150 e. The summed E-state index contributed by atoms with van der Waals surface area (Å²) >= 11 is 0. The molecule has 0 aliphatic carbocycles. The van der Waals surface area contributed by atoms with Crippen molar-refractivity contribution in [3.63, 3.8) is 0 Å². The molecule has 2 atom stereocenters. The highest BCUT2D eigenvalue weighted by atomic mass is 32.2. The van der Waals surface area contributed by atoms with Crippen molar-refractivity contribution in [3.05, 3.63) is 0 Å². The molecule has 1 rings (SSSR count). The fourth-order valence-electron chi connectivity index (χ4n) is 1.98. The maximum absolute atomic E-state index is 14.0. The summed E-state index contributed by atoms with van der Waals surface area (Å²) < 4.78 is 36.6. The van der Waals surface area contributed by atoms with Gasteiger partial charge in [-0.3, -0.25) is 0 Å². The molecule has 84 valence electrons. The Kier molecular flexibility index (Phi) is 3.53. The first-order valence-electron chi connectivity index (χ1n) is 4.97. The van der Waals surface area contributed by atoms with E-state index in [1.807, 2.05) is 0 Å². The zero-order chi connectivity index (χ0) is 10.8. The van der Waals surface area contributed by atoms with Crippen molar-refractivity contribution >= 4 is 9.84 Å². The average molecular weight is 223 g/mol. The number of alkyl halides is 1. The van der Waals surface area contributed by atoms with Gasteiger partial charge in [-0.2, -0.15) is 0 Å². The molecule has 1 saturated heterocycles. The quantitative estimate of drug-likeness (QED) is 0.773. The van der Waals surface area contributed by atoms with Crippen LogP contribution in [0.1, 0.15) is 26.2 Å². The van der Waals surface area contributed by atoms with Gasteiger partial charge in [-0.15, -0.1) is 0 Å². The maximum atomic E-state index is 14.0. The number of halogens is 1. The second-order valence-electron chi connectivity index (χ2n) is 4.27. The van der Waals surface area contributed by atoms with Crippen molar-refractivity contribution in [2.45, 2.75) is 31.9 Å². The Labute approximate surface area is 84.8 Å². The third-order valence-corrected chi connectivity index (χ3v) is 4.77. The number of nitrogens with two attached hydrogens (primary N) is 1. The highest BCUT2D eigenvalue weighted by molar-refractivity contribution is 7.91. The fourth-order valence-corrected chi connectivity index (χ4v) is 3.88. The van der Waals surface area contributed by atoms with E-state index >= 15 is 0 Å². The van der Waals surface area contributed by atoms with Gasteiger partial charge in [0, 0.05) is 5.92 Å². The van der Waals surface area contributed by atoms with Crippen molar-refractivity contribution in [2.75, 3.05) is 18.1 Å². The number of rotatable bonds is 3. The Hall–Kier alpha value is -0.160. The molecule has 0 aromatic carbocycles. The molecule has 2 N–H and O–H groups in total. The van der Waals surface area contributed by atoms with Crippen LogP contribution in [0, 0.1) is 5.92 Å². The fraction of sp³-hybridized carbons (Fsp3) is 1.00. The van der Waals surface area contributed by atoms with Gasteiger partial charge in [-0.05, 0) is 32.7 Å². The molecule has 0 spiro atoms. The maximum Gasteiger partial charge on any atom is 0.150 e. The third-order valence-electron chi connectivity index (χ3n) is 2.95. The average Bonchev–Trinajstić information content (AvgIpc) is 2.02. The lowest BCUT2D eigenvalue weighted by Crippen LogP contribution is -2.40. The minimum atomic E-state index is -3.01. The minimum Gasteiger partial charge on any atom is -0.330 e. The first-order valence-corrected chi connectivity index (χ1v) is 6.79. The molecule has 2 unspecified atom stereocenters. The molecule has 0 amide bonds. The SMILES string of the molecule is CC(F)(CCN)C1CCCS(=O)(=O)C1. The molecular formula is C9H18FNO2S. The molecule has 1 heterocycles. The molecule has 3 nitrogen and oxygen atoms in total. The summed E-state index contributed by atoms with van der Waals surface area (Å²) in [5.74, 6) is -0.174. The molecule has 5 heteroatoms. The topological polar surface area (TPSA) is 60.2 Å². The zero-order valence-corrected chi connectivity index (χ0v) is 9.32. The highest BCUT2D eigenvalue weighted by Crippen LogP contribution is 2.33. The molecule has 1 fully saturated rings. The van der Waals surface area contributed by atoms with Gasteiger partial charge < -0.3 is 5.73 Å². The van der Waals surface area contributed by atoms with Gasteiger partial charge in [0.15, 0.2) is 9.84 Å². The Morgan fingerprint density at radius 2 is 2.21 bits per heavy atom. The highest BCUT2D eigenvalue weighted by Gasteiger charge is 2.38. The van der Waals surface area contributed by atoms with Gasteiger partial charge in [0.25, 0.3) is 0 Å². The second-order valence-corrected chi connectivity index (χ2v) is 6.50. The van der Waals surface area contributed by atoms with Crippen LogP contribution in [0.25, 0.3) is 0 Å². The molecule has 1 aliphatic heterocycles. The summed E-state index contributed by atoms with van der Waals surface area (Å²) in [6.45, 7) is 1.73. The first kappa shape index (κ1) is 11.9. The van der Waals surface area contributed by atoms with Crippen LogP contribution in [-0.2, 0) is 9.84 Å². The molecule has 14 heavy (non-hydrogen) atoms. The molecular weight excluding hydrogens is 205 g/mol. The first-order chi connectivity index (χ1) is 6.37. The zero-order valence-electron chi connectivity index (χ0n) is 8.50. The Bertz CT molecular complexity index is 287. The predicted octanol–water partition coefficient (Wildman–Crippen LogP) is 0.888. The molecule has 0 aromatic rings. The third kappa shape index (κ3) is 2.92. The van der Waals surface area contributed by atoms with Crippen molar-refractivity contribution in [1.82, 2.24) is 0 Å². The van der Waals surface area contributed by atoms with E-state index in [0.29, 0.717) is 12.8 Å². The normalized spacial score (nSPS) is 30.9. The Morgan fingerprint density at radius 1 is 1.57 bits per heavy atom. The number of sulfone groups is 1. The number of hydrogen-bond acceptors (Lipinski definition) is 3. The predicted molar refractivity (Wildman–Crippen MR) is 54.6 cm³/mol. The lowest BCUT2D eigenvalue weighted by atomic mass is 9.86. The molecule has 1 aliphatic rings. The molecule has 0 bridgehead atoms. The van der Waals surface area contributed by atoms with Crippen LogP contribution >= 0.6 is 0 Å². The van der Waals surface area contributed by atoms with Gasteiger partial charge in [0.05, 0.1) is 11.5 Å². The van der Waals surface area contributed by atoms with Crippen LogP contribution in [0.5, 0.6) is 0 Å². The van der Waals surface area contributed by atoms with Crippen molar-refractivity contribution < 1.29 is 12.8 Å². The van der Waals surface area contributed by atoms with E-state index in [0.717, 1.165) is 0 Å². The van der Waals surface area contributed by atoms with E-state index in [1.165, 1.54) is 6.92 Å². The Balaban J connectivity index is 2.69.